The highest BCUT2D eigenvalue weighted by molar-refractivity contribution is 6.03. The van der Waals surface area contributed by atoms with Gasteiger partial charge in [-0.25, -0.2) is 9.97 Å². The predicted octanol–water partition coefficient (Wildman–Crippen LogP) is -0.249. The summed E-state index contributed by atoms with van der Waals surface area (Å²) in [7, 11) is 3.12. The van der Waals surface area contributed by atoms with E-state index in [1.165, 1.54) is 19.6 Å². The minimum atomic E-state index is -1.06. The fraction of sp³-hybridized carbons (Fsp3) is 0.579. The Balaban J connectivity index is 2.05. The highest BCUT2D eigenvalue weighted by Crippen LogP contribution is 2.36. The van der Waals surface area contributed by atoms with E-state index in [1.54, 1.807) is 11.6 Å². The number of aliphatic hydroxyl groups is 2. The van der Waals surface area contributed by atoms with Gasteiger partial charge in [-0.1, -0.05) is 13.8 Å². The molecule has 5 atom stereocenters. The summed E-state index contributed by atoms with van der Waals surface area (Å²) in [4.78, 5) is 21.1. The Labute approximate surface area is 173 Å². The average Bonchev–Trinajstić information content (AvgIpc) is 3.25. The molecule has 1 saturated heterocycles. The first-order valence-corrected chi connectivity index (χ1v) is 9.58. The zero-order chi connectivity index (χ0) is 22.0. The number of carbonyl (C=O) groups is 1. The number of nitriles is 1. The van der Waals surface area contributed by atoms with E-state index in [1.807, 2.05) is 13.8 Å². The number of carbonyl (C=O) groups excluding carboxylic acids is 1. The third-order valence-corrected chi connectivity index (χ3v) is 5.27. The first-order valence-electron chi connectivity index (χ1n) is 9.58. The second-order valence-electron chi connectivity index (χ2n) is 7.42. The van der Waals surface area contributed by atoms with Crippen molar-refractivity contribution in [2.75, 3.05) is 26.1 Å². The summed E-state index contributed by atoms with van der Waals surface area (Å²) in [6.45, 7) is 3.44. The van der Waals surface area contributed by atoms with E-state index in [2.05, 4.69) is 26.7 Å². The van der Waals surface area contributed by atoms with Crippen molar-refractivity contribution in [2.45, 2.75) is 44.4 Å². The van der Waals surface area contributed by atoms with Gasteiger partial charge < -0.3 is 34.9 Å². The number of aromatic nitrogens is 3. The fourth-order valence-corrected chi connectivity index (χ4v) is 3.77. The normalized spacial score (nSPS) is 24.9. The molecule has 3 heterocycles. The van der Waals surface area contributed by atoms with Crippen LogP contribution in [-0.4, -0.2) is 75.8 Å². The molecular weight excluding hydrogens is 392 g/mol. The molecule has 0 bridgehead atoms. The van der Waals surface area contributed by atoms with Crippen molar-refractivity contribution in [1.29, 1.82) is 5.26 Å². The average molecular weight is 418 g/mol. The fourth-order valence-electron chi connectivity index (χ4n) is 3.77. The number of ether oxygens (including phenoxy) is 2. The molecule has 11 nitrogen and oxygen atoms in total. The third-order valence-electron chi connectivity index (χ3n) is 5.27. The predicted molar refractivity (Wildman–Crippen MR) is 106 cm³/mol. The maximum atomic E-state index is 12.7. The molecule has 30 heavy (non-hydrogen) atoms. The van der Waals surface area contributed by atoms with Gasteiger partial charge in [-0.3, -0.25) is 4.79 Å². The van der Waals surface area contributed by atoms with Gasteiger partial charge in [0.15, 0.2) is 6.23 Å². The highest BCUT2D eigenvalue weighted by Gasteiger charge is 2.45. The molecule has 0 spiro atoms. The van der Waals surface area contributed by atoms with E-state index >= 15 is 0 Å². The smallest absolute Gasteiger partial charge is 0.242 e. The number of methoxy groups -OCH3 is 1. The van der Waals surface area contributed by atoms with Crippen molar-refractivity contribution >= 4 is 22.8 Å². The number of nitrogens with one attached hydrogen (secondary N) is 2. The van der Waals surface area contributed by atoms with Gasteiger partial charge in [-0.15, -0.1) is 0 Å². The van der Waals surface area contributed by atoms with Gasteiger partial charge in [-0.05, 0) is 13.0 Å². The lowest BCUT2D eigenvalue weighted by Crippen LogP contribution is -2.42. The number of hydrogen-bond donors (Lipinski definition) is 4. The molecule has 4 N–H and O–H groups in total. The summed E-state index contributed by atoms with van der Waals surface area (Å²) in [5, 5.41) is 35.6. The SMILES string of the molecule is CNC(C(=O)Nc1ncnc2c1c(C#N)cn2[C@@H]1O[C@H](CO)C(O)[C@@H]1OC)C(C)C. The second kappa shape index (κ2) is 9.03. The molecule has 1 amide bonds. The van der Waals surface area contributed by atoms with E-state index in [4.69, 9.17) is 9.47 Å². The van der Waals surface area contributed by atoms with Crippen LogP contribution in [0.5, 0.6) is 0 Å². The van der Waals surface area contributed by atoms with Crippen LogP contribution < -0.4 is 10.6 Å². The van der Waals surface area contributed by atoms with Crippen LogP contribution in [0.1, 0.15) is 25.6 Å². The number of aliphatic hydroxyl groups excluding tert-OH is 2. The van der Waals surface area contributed by atoms with Crippen LogP contribution in [0.15, 0.2) is 12.5 Å². The molecule has 1 aliphatic heterocycles. The molecule has 1 fully saturated rings. The number of rotatable bonds is 7. The first kappa shape index (κ1) is 22.1. The van der Waals surface area contributed by atoms with Crippen molar-refractivity contribution in [3.63, 3.8) is 0 Å². The number of amides is 1. The van der Waals surface area contributed by atoms with Gasteiger partial charge in [0.05, 0.1) is 23.6 Å². The molecule has 2 unspecified atom stereocenters. The summed E-state index contributed by atoms with van der Waals surface area (Å²) < 4.78 is 12.7. The van der Waals surface area contributed by atoms with Gasteiger partial charge in [0, 0.05) is 13.3 Å². The van der Waals surface area contributed by atoms with E-state index in [0.29, 0.717) is 11.0 Å². The van der Waals surface area contributed by atoms with Crippen LogP contribution in [0.2, 0.25) is 0 Å². The highest BCUT2D eigenvalue weighted by atomic mass is 16.6. The maximum Gasteiger partial charge on any atom is 0.242 e. The molecule has 0 saturated carbocycles. The molecule has 2 aromatic rings. The molecule has 3 rings (SSSR count). The van der Waals surface area contributed by atoms with Gasteiger partial charge in [-0.2, -0.15) is 5.26 Å². The quantitative estimate of drug-likeness (QED) is 0.476. The standard InChI is InChI=1S/C19H26N6O5/c1-9(2)13(21-3)18(28)24-16-12-10(5-20)6-25(17(12)23-8-22-16)19-15(29-4)14(27)11(7-26)30-19/h6,8-9,11,13-15,19,21,26-27H,7H2,1-4H3,(H,22,23,24,28)/t11-,13?,14?,15+,19-/m1/s1. The Hall–Kier alpha value is -2.62. The van der Waals surface area contributed by atoms with Gasteiger partial charge in [0.25, 0.3) is 0 Å². The van der Waals surface area contributed by atoms with E-state index in [0.717, 1.165) is 0 Å². The van der Waals surface area contributed by atoms with Crippen molar-refractivity contribution in [2.24, 2.45) is 5.92 Å². The number of fused-ring (bicyclic) bond motifs is 1. The molecule has 2 aromatic heterocycles. The minimum Gasteiger partial charge on any atom is -0.394 e. The summed E-state index contributed by atoms with van der Waals surface area (Å²) in [5.74, 6) is -0.0437. The van der Waals surface area contributed by atoms with E-state index in [-0.39, 0.29) is 23.2 Å². The minimum absolute atomic E-state index is 0.0404. The van der Waals surface area contributed by atoms with Crippen molar-refractivity contribution in [3.05, 3.63) is 18.1 Å². The van der Waals surface area contributed by atoms with E-state index < -0.39 is 37.2 Å². The Bertz CT molecular complexity index is 955. The molecule has 0 aliphatic carbocycles. The van der Waals surface area contributed by atoms with Gasteiger partial charge in [0.2, 0.25) is 5.91 Å². The molecule has 162 valence electrons. The Morgan fingerprint density at radius 3 is 2.77 bits per heavy atom. The van der Waals surface area contributed by atoms with Crippen LogP contribution in [0.25, 0.3) is 11.0 Å². The van der Waals surface area contributed by atoms with Crippen molar-refractivity contribution in [1.82, 2.24) is 19.9 Å². The number of nitrogens with zero attached hydrogens (tertiary/aromatic N) is 4. The van der Waals surface area contributed by atoms with E-state index in [9.17, 15) is 20.3 Å². The van der Waals surface area contributed by atoms with Crippen LogP contribution in [0.3, 0.4) is 0 Å². The van der Waals surface area contributed by atoms with Crippen molar-refractivity contribution < 1.29 is 24.5 Å². The lowest BCUT2D eigenvalue weighted by molar-refractivity contribution is -0.118. The lowest BCUT2D eigenvalue weighted by Gasteiger charge is -2.21. The van der Waals surface area contributed by atoms with Crippen LogP contribution in [-0.2, 0) is 14.3 Å². The first-order chi connectivity index (χ1) is 14.4. The largest absolute Gasteiger partial charge is 0.394 e. The number of anilines is 1. The topological polar surface area (TPSA) is 155 Å². The Kier molecular flexibility index (Phi) is 6.64. The zero-order valence-electron chi connectivity index (χ0n) is 17.2. The monoisotopic (exact) mass is 418 g/mol. The zero-order valence-corrected chi connectivity index (χ0v) is 17.2. The molecular formula is C19H26N6O5. The Morgan fingerprint density at radius 1 is 1.47 bits per heavy atom. The summed E-state index contributed by atoms with van der Waals surface area (Å²) >= 11 is 0. The third kappa shape index (κ3) is 3.76. The number of hydrogen-bond acceptors (Lipinski definition) is 9. The summed E-state index contributed by atoms with van der Waals surface area (Å²) in [5.41, 5.74) is 0.562. The maximum absolute atomic E-state index is 12.7. The Morgan fingerprint density at radius 2 is 2.20 bits per heavy atom. The van der Waals surface area contributed by atoms with Gasteiger partial charge in [0.1, 0.15) is 42.2 Å². The molecule has 0 aromatic carbocycles. The van der Waals surface area contributed by atoms with Gasteiger partial charge >= 0.3 is 0 Å². The van der Waals surface area contributed by atoms with Crippen LogP contribution in [0, 0.1) is 17.2 Å². The number of likely N-dealkylation sites (N-methyl/N-ethyl adjacent to an activating group) is 1. The van der Waals surface area contributed by atoms with Crippen LogP contribution >= 0.6 is 0 Å². The summed E-state index contributed by atoms with van der Waals surface area (Å²) in [6.07, 6.45) is -0.729. The molecule has 0 radical (unpaired) electrons. The second-order valence-corrected chi connectivity index (χ2v) is 7.42. The lowest BCUT2D eigenvalue weighted by atomic mass is 10.0. The van der Waals surface area contributed by atoms with Crippen LogP contribution in [0.4, 0.5) is 5.82 Å². The molecule has 1 aliphatic rings. The summed E-state index contributed by atoms with van der Waals surface area (Å²) in [6, 6.07) is 1.64. The van der Waals surface area contributed by atoms with Crippen molar-refractivity contribution in [3.8, 4) is 6.07 Å². The molecule has 11 heteroatoms.